The van der Waals surface area contributed by atoms with Crippen LogP contribution in [0, 0.1) is 0 Å². The van der Waals surface area contributed by atoms with E-state index >= 15 is 0 Å². The summed E-state index contributed by atoms with van der Waals surface area (Å²) in [5.74, 6) is -1.94. The minimum absolute atomic E-state index is 0. The van der Waals surface area contributed by atoms with Gasteiger partial charge in [0.15, 0.2) is 24.7 Å². The molecule has 0 radical (unpaired) electrons. The molecule has 0 heterocycles. The Balaban J connectivity index is 0. The average Bonchev–Trinajstić information content (AvgIpc) is 2.46. The summed E-state index contributed by atoms with van der Waals surface area (Å²) in [6.45, 7) is -0.668. The van der Waals surface area contributed by atoms with E-state index < -0.39 is 66.0 Å². The van der Waals surface area contributed by atoms with Crippen molar-refractivity contribution in [2.75, 3.05) is 12.4 Å². The van der Waals surface area contributed by atoms with Crippen molar-refractivity contribution in [3.63, 3.8) is 0 Å². The molecule has 0 aliphatic carbocycles. The summed E-state index contributed by atoms with van der Waals surface area (Å²) in [6, 6.07) is 0. The molecular weight excluding hydrogens is 396 g/mol. The summed E-state index contributed by atoms with van der Waals surface area (Å²) in [4.78, 5) is 0. The van der Waals surface area contributed by atoms with Crippen molar-refractivity contribution in [1.29, 1.82) is 0 Å². The van der Waals surface area contributed by atoms with Gasteiger partial charge >= 0.3 is 51.4 Å². The first-order valence-electron chi connectivity index (χ1n) is 6.85. The molecule has 0 aromatic carbocycles. The molecule has 0 N–H and O–H groups in total. The van der Waals surface area contributed by atoms with Crippen LogP contribution in [0.3, 0.4) is 0 Å². The van der Waals surface area contributed by atoms with Crippen molar-refractivity contribution in [1.82, 2.24) is 0 Å². The second kappa shape index (κ2) is 13.3. The molecular formula is C12H18F7KO3S. The van der Waals surface area contributed by atoms with Crippen molar-refractivity contribution in [3.05, 3.63) is 0 Å². The van der Waals surface area contributed by atoms with Gasteiger partial charge in [0, 0.05) is 0 Å². The average molecular weight is 414 g/mol. The van der Waals surface area contributed by atoms with Crippen molar-refractivity contribution in [2.45, 2.75) is 62.7 Å². The van der Waals surface area contributed by atoms with Crippen LogP contribution in [0.15, 0.2) is 0 Å². The van der Waals surface area contributed by atoms with Crippen LogP contribution in [0.1, 0.15) is 25.7 Å². The van der Waals surface area contributed by atoms with Gasteiger partial charge in [0.25, 0.3) is 0 Å². The molecule has 0 aromatic heterocycles. The molecule has 0 fully saturated rings. The molecule has 0 amide bonds. The Morgan fingerprint density at radius 3 is 1.62 bits per heavy atom. The zero-order valence-electron chi connectivity index (χ0n) is 13.0. The van der Waals surface area contributed by atoms with Gasteiger partial charge in [-0.05, 0) is 12.8 Å². The molecule has 12 heteroatoms. The topological polar surface area (TPSA) is 57.2 Å². The van der Waals surface area contributed by atoms with Crippen LogP contribution in [-0.2, 0) is 10.1 Å². The van der Waals surface area contributed by atoms with Crippen molar-refractivity contribution < 1.29 is 95.1 Å². The maximum absolute atomic E-state index is 13.4. The summed E-state index contributed by atoms with van der Waals surface area (Å²) < 4.78 is 122. The van der Waals surface area contributed by atoms with Crippen LogP contribution in [0.5, 0.6) is 0 Å². The molecule has 0 saturated heterocycles. The van der Waals surface area contributed by atoms with Gasteiger partial charge in [0.05, 0.1) is 22.5 Å². The Kier molecular flexibility index (Phi) is 15.1. The van der Waals surface area contributed by atoms with Gasteiger partial charge < -0.3 is 4.55 Å². The third-order valence-corrected chi connectivity index (χ3v) is 3.81. The SMILES string of the molecule is O=S(=O)([O-])CC(F)C(F)C(F)C(F)C(F)C(F)CCCCCF.[K+]. The molecule has 0 aliphatic heterocycles. The molecule has 140 valence electrons. The smallest absolute Gasteiger partial charge is 0.748 e. The van der Waals surface area contributed by atoms with Crippen LogP contribution in [0.25, 0.3) is 0 Å². The predicted octanol–water partition coefficient (Wildman–Crippen LogP) is 0.0941. The van der Waals surface area contributed by atoms with E-state index in [1.807, 2.05) is 0 Å². The van der Waals surface area contributed by atoms with Gasteiger partial charge in [0.1, 0.15) is 12.3 Å². The van der Waals surface area contributed by atoms with Gasteiger partial charge in [-0.25, -0.2) is 34.8 Å². The second-order valence-corrected chi connectivity index (χ2v) is 6.52. The number of hydrogen-bond acceptors (Lipinski definition) is 3. The monoisotopic (exact) mass is 414 g/mol. The molecule has 3 nitrogen and oxygen atoms in total. The zero-order valence-corrected chi connectivity index (χ0v) is 16.9. The molecule has 0 spiro atoms. The minimum Gasteiger partial charge on any atom is -0.748 e. The van der Waals surface area contributed by atoms with E-state index in [1.165, 1.54) is 0 Å². The minimum atomic E-state index is -5.23. The maximum Gasteiger partial charge on any atom is 1.00 e. The van der Waals surface area contributed by atoms with Crippen LogP contribution in [-0.4, -0.2) is 62.4 Å². The molecule has 6 atom stereocenters. The van der Waals surface area contributed by atoms with Gasteiger partial charge in [-0.2, -0.15) is 0 Å². The Morgan fingerprint density at radius 1 is 0.750 bits per heavy atom. The predicted molar refractivity (Wildman–Crippen MR) is 68.4 cm³/mol. The largest absolute Gasteiger partial charge is 1.00 e. The van der Waals surface area contributed by atoms with Crippen LogP contribution < -0.4 is 51.4 Å². The van der Waals surface area contributed by atoms with Gasteiger partial charge in [-0.3, -0.25) is 4.39 Å². The molecule has 6 unspecified atom stereocenters. The molecule has 24 heavy (non-hydrogen) atoms. The van der Waals surface area contributed by atoms with Crippen molar-refractivity contribution in [3.8, 4) is 0 Å². The standard InChI is InChI=1S/C12H19F7O3S.K/c13-5-3-1-2-4-7(14)9(16)11(18)12(19)10(17)8(15)6-23(20,21)22;/h7-12H,1-6H2,(H,20,21,22);/q;+1/p-1. The molecule has 0 aromatic rings. The van der Waals surface area contributed by atoms with Crippen LogP contribution >= 0.6 is 0 Å². The number of rotatable bonds is 12. The summed E-state index contributed by atoms with van der Waals surface area (Å²) in [5.41, 5.74) is 0. The Morgan fingerprint density at radius 2 is 1.21 bits per heavy atom. The first-order chi connectivity index (χ1) is 10.5. The van der Waals surface area contributed by atoms with Crippen molar-refractivity contribution in [2.24, 2.45) is 0 Å². The molecule has 0 aliphatic rings. The first kappa shape index (κ1) is 27.3. The first-order valence-corrected chi connectivity index (χ1v) is 8.43. The number of alkyl halides is 7. The van der Waals surface area contributed by atoms with E-state index in [1.54, 1.807) is 0 Å². The van der Waals surface area contributed by atoms with Gasteiger partial charge in [-0.1, -0.05) is 12.8 Å². The molecule has 0 saturated carbocycles. The number of halogens is 7. The van der Waals surface area contributed by atoms with E-state index in [0.29, 0.717) is 0 Å². The summed E-state index contributed by atoms with van der Waals surface area (Å²) in [6.07, 6.45) is -19.3. The van der Waals surface area contributed by atoms with Gasteiger partial charge in [-0.15, -0.1) is 0 Å². The molecule has 0 bridgehead atoms. The number of unbranched alkanes of at least 4 members (excludes halogenated alkanes) is 2. The van der Waals surface area contributed by atoms with E-state index in [4.69, 9.17) is 0 Å². The Labute approximate surface area is 178 Å². The summed E-state index contributed by atoms with van der Waals surface area (Å²) >= 11 is 0. The zero-order chi connectivity index (χ0) is 18.2. The van der Waals surface area contributed by atoms with E-state index in [0.717, 1.165) is 0 Å². The summed E-state index contributed by atoms with van der Waals surface area (Å²) in [5, 5.41) is 0. The fourth-order valence-electron chi connectivity index (χ4n) is 1.81. The molecule has 0 rings (SSSR count). The van der Waals surface area contributed by atoms with E-state index in [-0.39, 0.29) is 70.6 Å². The van der Waals surface area contributed by atoms with E-state index in [2.05, 4.69) is 0 Å². The maximum atomic E-state index is 13.4. The summed E-state index contributed by atoms with van der Waals surface area (Å²) in [7, 11) is -5.23. The fraction of sp³-hybridized carbons (Fsp3) is 1.00. The normalized spacial score (nSPS) is 19.7. The fourth-order valence-corrected chi connectivity index (χ4v) is 2.38. The van der Waals surface area contributed by atoms with Crippen LogP contribution in [0.4, 0.5) is 30.7 Å². The quantitative estimate of drug-likeness (QED) is 0.197. The Hall–Kier alpha value is 1.06. The Bertz CT molecular complexity index is 429. The third kappa shape index (κ3) is 10.9. The van der Waals surface area contributed by atoms with Crippen molar-refractivity contribution >= 4 is 10.1 Å². The van der Waals surface area contributed by atoms with Gasteiger partial charge in [0.2, 0.25) is 0 Å². The number of hydrogen-bond donors (Lipinski definition) is 0. The second-order valence-electron chi connectivity index (χ2n) is 5.07. The van der Waals surface area contributed by atoms with Crippen LogP contribution in [0.2, 0.25) is 0 Å². The van der Waals surface area contributed by atoms with E-state index in [9.17, 15) is 43.7 Å². The third-order valence-electron chi connectivity index (χ3n) is 3.08.